The Kier molecular flexibility index (Phi) is 10.5. The molecule has 2 heterocycles. The summed E-state index contributed by atoms with van der Waals surface area (Å²) in [6.07, 6.45) is 6.70. The summed E-state index contributed by atoms with van der Waals surface area (Å²) in [5, 5.41) is 3.32. The van der Waals surface area contributed by atoms with E-state index >= 15 is 0 Å². The summed E-state index contributed by atoms with van der Waals surface area (Å²) in [7, 11) is 0. The van der Waals surface area contributed by atoms with Gasteiger partial charge >= 0.3 is 0 Å². The predicted octanol–water partition coefficient (Wildman–Crippen LogP) is 2.12. The van der Waals surface area contributed by atoms with Crippen LogP contribution in [0.4, 0.5) is 0 Å². The lowest BCUT2D eigenvalue weighted by atomic mass is 10.1. The minimum atomic E-state index is 0. The predicted molar refractivity (Wildman–Crippen MR) is 110 cm³/mol. The van der Waals surface area contributed by atoms with Gasteiger partial charge in [0.2, 0.25) is 0 Å². The Morgan fingerprint density at radius 3 is 2.65 bits per heavy atom. The first-order valence-corrected chi connectivity index (χ1v) is 9.19. The van der Waals surface area contributed by atoms with E-state index in [0.29, 0.717) is 17.9 Å². The third kappa shape index (κ3) is 7.56. The highest BCUT2D eigenvalue weighted by Gasteiger charge is 2.22. The number of aliphatic imine (C=N–C) groups is 1. The molecule has 0 aromatic carbocycles. The quantitative estimate of drug-likeness (QED) is 0.364. The molecule has 6 heteroatoms. The zero-order chi connectivity index (χ0) is 15.8. The SMILES string of the molecule is CCN1CCCC1CNC(N)=NCC(C)CN1CCCCC1.I. The van der Waals surface area contributed by atoms with Crippen LogP contribution >= 0.6 is 24.0 Å². The van der Waals surface area contributed by atoms with E-state index in [-0.39, 0.29) is 24.0 Å². The standard InChI is InChI=1S/C17H35N5.HI/c1-3-22-11-7-8-16(22)13-20-17(18)19-12-15(2)14-21-9-5-4-6-10-21;/h15-16H,3-14H2,1-2H3,(H3,18,19,20);1H. The van der Waals surface area contributed by atoms with Gasteiger partial charge in [-0.15, -0.1) is 24.0 Å². The number of likely N-dealkylation sites (N-methyl/N-ethyl adjacent to an activating group) is 1. The van der Waals surface area contributed by atoms with Crippen molar-refractivity contribution < 1.29 is 0 Å². The number of nitrogens with two attached hydrogens (primary N) is 1. The molecule has 2 rings (SSSR count). The second-order valence-corrected chi connectivity index (χ2v) is 7.00. The van der Waals surface area contributed by atoms with Crippen molar-refractivity contribution in [3.63, 3.8) is 0 Å². The average molecular weight is 437 g/mol. The van der Waals surface area contributed by atoms with E-state index in [1.165, 1.54) is 51.7 Å². The lowest BCUT2D eigenvalue weighted by Crippen LogP contribution is -2.43. The fraction of sp³-hybridized carbons (Fsp3) is 0.941. The molecule has 0 aliphatic carbocycles. The first kappa shape index (κ1) is 21.0. The highest BCUT2D eigenvalue weighted by atomic mass is 127. The molecule has 0 spiro atoms. The van der Waals surface area contributed by atoms with Gasteiger partial charge < -0.3 is 16.0 Å². The second kappa shape index (κ2) is 11.5. The first-order chi connectivity index (χ1) is 10.7. The molecule has 2 atom stereocenters. The third-order valence-corrected chi connectivity index (χ3v) is 5.02. The summed E-state index contributed by atoms with van der Waals surface area (Å²) in [4.78, 5) is 9.64. The monoisotopic (exact) mass is 437 g/mol. The summed E-state index contributed by atoms with van der Waals surface area (Å²) in [5.41, 5.74) is 6.03. The molecule has 2 fully saturated rings. The van der Waals surface area contributed by atoms with Crippen LogP contribution in [0.1, 0.15) is 46.0 Å². The number of likely N-dealkylation sites (tertiary alicyclic amines) is 2. The smallest absolute Gasteiger partial charge is 0.188 e. The van der Waals surface area contributed by atoms with E-state index in [0.717, 1.165) is 26.2 Å². The van der Waals surface area contributed by atoms with Gasteiger partial charge in [-0.1, -0.05) is 20.3 Å². The van der Waals surface area contributed by atoms with Crippen LogP contribution in [0.5, 0.6) is 0 Å². The Balaban J connectivity index is 0.00000264. The van der Waals surface area contributed by atoms with Gasteiger partial charge in [0.15, 0.2) is 5.96 Å². The first-order valence-electron chi connectivity index (χ1n) is 9.19. The molecule has 3 N–H and O–H groups in total. The fourth-order valence-electron chi connectivity index (χ4n) is 3.72. The van der Waals surface area contributed by atoms with Crippen LogP contribution in [0.3, 0.4) is 0 Å². The van der Waals surface area contributed by atoms with Crippen LogP contribution in [0.2, 0.25) is 0 Å². The van der Waals surface area contributed by atoms with E-state index in [9.17, 15) is 0 Å². The van der Waals surface area contributed by atoms with E-state index in [4.69, 9.17) is 5.73 Å². The van der Waals surface area contributed by atoms with Crippen molar-refractivity contribution in [1.29, 1.82) is 0 Å². The van der Waals surface area contributed by atoms with Gasteiger partial charge in [0.1, 0.15) is 0 Å². The van der Waals surface area contributed by atoms with Gasteiger partial charge in [-0.2, -0.15) is 0 Å². The molecule has 2 saturated heterocycles. The average Bonchev–Trinajstić information content (AvgIpc) is 2.99. The second-order valence-electron chi connectivity index (χ2n) is 7.00. The maximum Gasteiger partial charge on any atom is 0.188 e. The van der Waals surface area contributed by atoms with Crippen molar-refractivity contribution in [3.8, 4) is 0 Å². The molecular weight excluding hydrogens is 401 g/mol. The van der Waals surface area contributed by atoms with Crippen LogP contribution in [0.25, 0.3) is 0 Å². The number of nitrogens with zero attached hydrogens (tertiary/aromatic N) is 3. The van der Waals surface area contributed by atoms with Crippen LogP contribution in [-0.2, 0) is 0 Å². The van der Waals surface area contributed by atoms with Crippen molar-refractivity contribution in [2.75, 3.05) is 45.8 Å². The number of piperidine rings is 1. The van der Waals surface area contributed by atoms with Gasteiger partial charge in [-0.3, -0.25) is 9.89 Å². The van der Waals surface area contributed by atoms with Crippen molar-refractivity contribution in [2.24, 2.45) is 16.6 Å². The summed E-state index contributed by atoms with van der Waals surface area (Å²) < 4.78 is 0. The lowest BCUT2D eigenvalue weighted by Gasteiger charge is -2.28. The van der Waals surface area contributed by atoms with E-state index < -0.39 is 0 Å². The molecule has 5 nitrogen and oxygen atoms in total. The Labute approximate surface area is 159 Å². The minimum Gasteiger partial charge on any atom is -0.370 e. The number of guanidine groups is 1. The molecule has 2 aliphatic heterocycles. The summed E-state index contributed by atoms with van der Waals surface area (Å²) >= 11 is 0. The van der Waals surface area contributed by atoms with Crippen molar-refractivity contribution in [3.05, 3.63) is 0 Å². The molecule has 23 heavy (non-hydrogen) atoms. The van der Waals surface area contributed by atoms with Gasteiger partial charge in [-0.25, -0.2) is 0 Å². The fourth-order valence-corrected chi connectivity index (χ4v) is 3.72. The molecule has 136 valence electrons. The van der Waals surface area contributed by atoms with Gasteiger partial charge in [-0.05, 0) is 57.8 Å². The van der Waals surface area contributed by atoms with Crippen LogP contribution in [0.15, 0.2) is 4.99 Å². The van der Waals surface area contributed by atoms with Crippen molar-refractivity contribution >= 4 is 29.9 Å². The van der Waals surface area contributed by atoms with Crippen molar-refractivity contribution in [1.82, 2.24) is 15.1 Å². The molecule has 0 amide bonds. The number of nitrogens with one attached hydrogen (secondary N) is 1. The van der Waals surface area contributed by atoms with Crippen LogP contribution in [0, 0.1) is 5.92 Å². The van der Waals surface area contributed by atoms with E-state index in [1.807, 2.05) is 0 Å². The maximum atomic E-state index is 6.03. The molecule has 0 aromatic heterocycles. The summed E-state index contributed by atoms with van der Waals surface area (Å²) in [6.45, 7) is 12.3. The van der Waals surface area contributed by atoms with E-state index in [1.54, 1.807) is 0 Å². The lowest BCUT2D eigenvalue weighted by molar-refractivity contribution is 0.203. The Morgan fingerprint density at radius 1 is 1.22 bits per heavy atom. The highest BCUT2D eigenvalue weighted by molar-refractivity contribution is 14.0. The number of rotatable bonds is 7. The Morgan fingerprint density at radius 2 is 1.96 bits per heavy atom. The van der Waals surface area contributed by atoms with Crippen molar-refractivity contribution in [2.45, 2.75) is 52.0 Å². The number of hydrogen-bond donors (Lipinski definition) is 2. The van der Waals surface area contributed by atoms with Gasteiger partial charge in [0.05, 0.1) is 0 Å². The Hall–Kier alpha value is -0.0800. The van der Waals surface area contributed by atoms with Gasteiger partial charge in [0.25, 0.3) is 0 Å². The third-order valence-electron chi connectivity index (χ3n) is 5.02. The van der Waals surface area contributed by atoms with Gasteiger partial charge in [0, 0.05) is 25.7 Å². The maximum absolute atomic E-state index is 6.03. The van der Waals surface area contributed by atoms with Crippen LogP contribution < -0.4 is 11.1 Å². The highest BCUT2D eigenvalue weighted by Crippen LogP contribution is 2.15. The van der Waals surface area contributed by atoms with Crippen LogP contribution in [-0.4, -0.2) is 67.6 Å². The molecule has 2 aliphatic rings. The molecule has 0 bridgehead atoms. The number of halogens is 1. The Bertz CT molecular complexity index is 344. The minimum absolute atomic E-state index is 0. The molecule has 0 saturated carbocycles. The zero-order valence-electron chi connectivity index (χ0n) is 15.0. The normalized spacial score (nSPS) is 25.1. The molecule has 0 radical (unpaired) electrons. The summed E-state index contributed by atoms with van der Waals surface area (Å²) in [5.74, 6) is 1.20. The van der Waals surface area contributed by atoms with E-state index in [2.05, 4.69) is 34.0 Å². The molecule has 0 aromatic rings. The zero-order valence-corrected chi connectivity index (χ0v) is 17.3. The summed E-state index contributed by atoms with van der Waals surface area (Å²) in [6, 6.07) is 0.629. The largest absolute Gasteiger partial charge is 0.370 e. The molecular formula is C17H36IN5. The molecule has 2 unspecified atom stereocenters. The topological polar surface area (TPSA) is 56.9 Å². The number of hydrogen-bond acceptors (Lipinski definition) is 3.